The zero-order valence-electron chi connectivity index (χ0n) is 11.0. The quantitative estimate of drug-likeness (QED) is 0.770. The highest BCUT2D eigenvalue weighted by Gasteiger charge is 2.16. The third-order valence-corrected chi connectivity index (χ3v) is 2.21. The molecule has 0 spiro atoms. The average Bonchev–Trinajstić information content (AvgIpc) is 2.23. The number of ether oxygens (including phenoxy) is 3. The van der Waals surface area contributed by atoms with Crippen LogP contribution in [0.2, 0.25) is 0 Å². The lowest BCUT2D eigenvalue weighted by molar-refractivity contribution is -0.161. The van der Waals surface area contributed by atoms with Crippen molar-refractivity contribution in [3.05, 3.63) is 0 Å². The summed E-state index contributed by atoms with van der Waals surface area (Å²) in [5.74, 6) is 0. The molecule has 1 saturated heterocycles. The normalized spacial score (nSPS) is 21.0. The molecule has 1 unspecified atom stereocenters. The first-order chi connectivity index (χ1) is 7.97. The summed E-state index contributed by atoms with van der Waals surface area (Å²) in [5.41, 5.74) is -0.461. The van der Waals surface area contributed by atoms with Gasteiger partial charge in [-0.3, -0.25) is 0 Å². The van der Waals surface area contributed by atoms with Gasteiger partial charge >= 0.3 is 6.09 Å². The molecule has 0 aromatic carbocycles. The van der Waals surface area contributed by atoms with Crippen LogP contribution in [0.15, 0.2) is 0 Å². The van der Waals surface area contributed by atoms with E-state index in [2.05, 4.69) is 5.32 Å². The van der Waals surface area contributed by atoms with Gasteiger partial charge in [0.15, 0.2) is 6.29 Å². The van der Waals surface area contributed by atoms with Gasteiger partial charge in [-0.25, -0.2) is 4.79 Å². The molecule has 1 aliphatic rings. The van der Waals surface area contributed by atoms with Crippen LogP contribution in [-0.2, 0) is 14.2 Å². The molecule has 0 saturated carbocycles. The molecule has 1 rings (SSSR count). The van der Waals surface area contributed by atoms with Gasteiger partial charge in [0.25, 0.3) is 0 Å². The number of carbonyl (C=O) groups is 1. The molecule has 5 nitrogen and oxygen atoms in total. The van der Waals surface area contributed by atoms with E-state index in [1.165, 1.54) is 0 Å². The number of carbonyl (C=O) groups excluding carboxylic acids is 1. The third-order valence-electron chi connectivity index (χ3n) is 2.21. The van der Waals surface area contributed by atoms with Crippen molar-refractivity contribution in [2.75, 3.05) is 19.8 Å². The first-order valence-electron chi connectivity index (χ1n) is 6.17. The van der Waals surface area contributed by atoms with Crippen LogP contribution in [0.25, 0.3) is 0 Å². The summed E-state index contributed by atoms with van der Waals surface area (Å²) in [6.45, 7) is 7.15. The standard InChI is InChI=1S/C12H23NO4/c1-12(2,3)17-11(14)13-7-9-16-10-6-4-5-8-15-10/h10H,4-9H2,1-3H3,(H,13,14). The van der Waals surface area contributed by atoms with Crippen molar-refractivity contribution >= 4 is 6.09 Å². The van der Waals surface area contributed by atoms with Crippen molar-refractivity contribution in [2.45, 2.75) is 51.9 Å². The number of amides is 1. The third kappa shape index (κ3) is 7.18. The molecule has 1 amide bonds. The summed E-state index contributed by atoms with van der Waals surface area (Å²) < 4.78 is 16.0. The lowest BCUT2D eigenvalue weighted by Crippen LogP contribution is -2.35. The fourth-order valence-corrected chi connectivity index (χ4v) is 1.50. The van der Waals surface area contributed by atoms with E-state index in [1.54, 1.807) is 0 Å². The lowest BCUT2D eigenvalue weighted by Gasteiger charge is -2.23. The highest BCUT2D eigenvalue weighted by Crippen LogP contribution is 2.13. The Hall–Kier alpha value is -0.810. The molecule has 1 N–H and O–H groups in total. The summed E-state index contributed by atoms with van der Waals surface area (Å²) in [6.07, 6.45) is 2.67. The molecular formula is C12H23NO4. The van der Waals surface area contributed by atoms with Gasteiger partial charge in [-0.2, -0.15) is 0 Å². The summed E-state index contributed by atoms with van der Waals surface area (Å²) in [6, 6.07) is 0. The predicted molar refractivity (Wildman–Crippen MR) is 63.8 cm³/mol. The van der Waals surface area contributed by atoms with Gasteiger partial charge < -0.3 is 19.5 Å². The molecule has 1 fully saturated rings. The summed E-state index contributed by atoms with van der Waals surface area (Å²) in [5, 5.41) is 2.64. The summed E-state index contributed by atoms with van der Waals surface area (Å²) >= 11 is 0. The number of nitrogens with one attached hydrogen (secondary N) is 1. The average molecular weight is 245 g/mol. The monoisotopic (exact) mass is 245 g/mol. The Labute approximate surface area is 103 Å². The Morgan fingerprint density at radius 3 is 2.76 bits per heavy atom. The molecule has 0 bridgehead atoms. The van der Waals surface area contributed by atoms with Crippen LogP contribution >= 0.6 is 0 Å². The molecule has 100 valence electrons. The van der Waals surface area contributed by atoms with Crippen molar-refractivity contribution < 1.29 is 19.0 Å². The topological polar surface area (TPSA) is 56.8 Å². The minimum Gasteiger partial charge on any atom is -0.444 e. The maximum absolute atomic E-state index is 11.3. The van der Waals surface area contributed by atoms with Crippen molar-refractivity contribution in [1.29, 1.82) is 0 Å². The molecule has 17 heavy (non-hydrogen) atoms. The van der Waals surface area contributed by atoms with E-state index in [-0.39, 0.29) is 6.29 Å². The molecule has 0 aromatic heterocycles. The van der Waals surface area contributed by atoms with Crippen LogP contribution < -0.4 is 5.32 Å². The van der Waals surface area contributed by atoms with Crippen LogP contribution in [0, 0.1) is 0 Å². The molecule has 5 heteroatoms. The molecule has 1 aliphatic heterocycles. The number of alkyl carbamates (subject to hydrolysis) is 1. The Bertz CT molecular complexity index is 231. The Morgan fingerprint density at radius 2 is 2.18 bits per heavy atom. The second kappa shape index (κ2) is 6.81. The second-order valence-electron chi connectivity index (χ2n) is 5.10. The molecule has 0 aliphatic carbocycles. The smallest absolute Gasteiger partial charge is 0.407 e. The van der Waals surface area contributed by atoms with E-state index in [9.17, 15) is 4.79 Å². The Morgan fingerprint density at radius 1 is 1.41 bits per heavy atom. The molecular weight excluding hydrogens is 222 g/mol. The van der Waals surface area contributed by atoms with Gasteiger partial charge in [0.1, 0.15) is 5.60 Å². The van der Waals surface area contributed by atoms with Gasteiger partial charge in [-0.1, -0.05) is 0 Å². The van der Waals surface area contributed by atoms with Crippen molar-refractivity contribution in [3.8, 4) is 0 Å². The Balaban J connectivity index is 2.01. The van der Waals surface area contributed by atoms with E-state index >= 15 is 0 Å². The van der Waals surface area contributed by atoms with Gasteiger partial charge in [-0.15, -0.1) is 0 Å². The predicted octanol–water partition coefficient (Wildman–Crippen LogP) is 2.05. The SMILES string of the molecule is CC(C)(C)OC(=O)NCCOC1CCCCO1. The van der Waals surface area contributed by atoms with Gasteiger partial charge in [0, 0.05) is 13.2 Å². The zero-order valence-corrected chi connectivity index (χ0v) is 11.0. The second-order valence-corrected chi connectivity index (χ2v) is 5.10. The minimum absolute atomic E-state index is 0.107. The van der Waals surface area contributed by atoms with Crippen molar-refractivity contribution in [1.82, 2.24) is 5.32 Å². The van der Waals surface area contributed by atoms with E-state index < -0.39 is 11.7 Å². The lowest BCUT2D eigenvalue weighted by atomic mass is 10.2. The highest BCUT2D eigenvalue weighted by molar-refractivity contribution is 5.67. The fourth-order valence-electron chi connectivity index (χ4n) is 1.50. The van der Waals surface area contributed by atoms with Gasteiger partial charge in [-0.05, 0) is 40.0 Å². The summed E-state index contributed by atoms with van der Waals surface area (Å²) in [7, 11) is 0. The van der Waals surface area contributed by atoms with E-state index in [4.69, 9.17) is 14.2 Å². The van der Waals surface area contributed by atoms with Crippen LogP contribution in [0.4, 0.5) is 4.79 Å². The highest BCUT2D eigenvalue weighted by atomic mass is 16.7. The number of rotatable bonds is 4. The largest absolute Gasteiger partial charge is 0.444 e. The van der Waals surface area contributed by atoms with Crippen molar-refractivity contribution in [3.63, 3.8) is 0 Å². The van der Waals surface area contributed by atoms with Crippen LogP contribution in [0.5, 0.6) is 0 Å². The van der Waals surface area contributed by atoms with E-state index in [0.29, 0.717) is 13.2 Å². The maximum atomic E-state index is 11.3. The van der Waals surface area contributed by atoms with Crippen LogP contribution in [-0.4, -0.2) is 37.7 Å². The van der Waals surface area contributed by atoms with E-state index in [1.807, 2.05) is 20.8 Å². The number of hydrogen-bond acceptors (Lipinski definition) is 4. The first kappa shape index (κ1) is 14.3. The Kier molecular flexibility index (Phi) is 5.71. The van der Waals surface area contributed by atoms with E-state index in [0.717, 1.165) is 25.9 Å². The fraction of sp³-hybridized carbons (Fsp3) is 0.917. The molecule has 1 atom stereocenters. The van der Waals surface area contributed by atoms with Gasteiger partial charge in [0.05, 0.1) is 6.61 Å². The first-order valence-corrected chi connectivity index (χ1v) is 6.17. The molecule has 0 aromatic rings. The van der Waals surface area contributed by atoms with Crippen LogP contribution in [0.3, 0.4) is 0 Å². The minimum atomic E-state index is -0.461. The number of hydrogen-bond donors (Lipinski definition) is 1. The maximum Gasteiger partial charge on any atom is 0.407 e. The summed E-state index contributed by atoms with van der Waals surface area (Å²) in [4.78, 5) is 11.3. The van der Waals surface area contributed by atoms with Crippen LogP contribution in [0.1, 0.15) is 40.0 Å². The zero-order chi connectivity index (χ0) is 12.7. The molecule has 1 heterocycles. The van der Waals surface area contributed by atoms with Crippen molar-refractivity contribution in [2.24, 2.45) is 0 Å². The molecule has 0 radical (unpaired) electrons. The van der Waals surface area contributed by atoms with Gasteiger partial charge in [0.2, 0.25) is 0 Å².